The molecule has 1 radical (unpaired) electrons. The summed E-state index contributed by atoms with van der Waals surface area (Å²) in [4.78, 5) is 60.8. The van der Waals surface area contributed by atoms with Crippen LogP contribution >= 0.6 is 0 Å². The van der Waals surface area contributed by atoms with Crippen molar-refractivity contribution in [2.45, 2.75) is 45.2 Å². The van der Waals surface area contributed by atoms with Gasteiger partial charge in [-0.1, -0.05) is 19.1 Å². The predicted octanol–water partition coefficient (Wildman–Crippen LogP) is -0.297. The minimum atomic E-state index is -1.26. The fourth-order valence-electron chi connectivity index (χ4n) is 4.05. The van der Waals surface area contributed by atoms with Gasteiger partial charge >= 0.3 is 69.8 Å². The molecule has 0 aliphatic heterocycles. The average molecular weight is 744 g/mol. The van der Waals surface area contributed by atoms with E-state index in [4.69, 9.17) is 10.2 Å². The number of hydrogen-bond acceptors (Lipinski definition) is 9. The summed E-state index contributed by atoms with van der Waals surface area (Å²) in [5.74, 6) is -6.23. The molecule has 0 saturated carbocycles. The molecule has 1 aromatic rings. The molecule has 15 nitrogen and oxygen atoms in total. The molecule has 42 heavy (non-hydrogen) atoms. The minimum absolute atomic E-state index is 0. The van der Waals surface area contributed by atoms with Crippen molar-refractivity contribution in [3.8, 4) is 0 Å². The van der Waals surface area contributed by atoms with Crippen LogP contribution in [0.5, 0.6) is 0 Å². The first-order chi connectivity index (χ1) is 18.6. The fourth-order valence-corrected chi connectivity index (χ4v) is 4.05. The van der Waals surface area contributed by atoms with Gasteiger partial charge in [-0.05, 0) is 44.4 Å². The molecular formula is C26H42GdN4O11+3. The van der Waals surface area contributed by atoms with Crippen molar-refractivity contribution in [3.63, 3.8) is 0 Å². The normalized spacial score (nSPS) is 11.9. The van der Waals surface area contributed by atoms with E-state index in [1.807, 2.05) is 24.3 Å². The summed E-state index contributed by atoms with van der Waals surface area (Å²) in [7, 11) is 0. The van der Waals surface area contributed by atoms with E-state index in [1.54, 1.807) is 0 Å². The van der Waals surface area contributed by atoms with Crippen molar-refractivity contribution in [2.75, 3.05) is 57.7 Å². The van der Waals surface area contributed by atoms with Crippen LogP contribution in [0.4, 0.5) is 5.69 Å². The van der Waals surface area contributed by atoms with Crippen molar-refractivity contribution in [3.05, 3.63) is 29.8 Å². The maximum absolute atomic E-state index is 11.6. The number of carbonyl (C=O) groups is 5. The van der Waals surface area contributed by atoms with Gasteiger partial charge in [-0.3, -0.25) is 38.7 Å². The topological polar surface area (TPSA) is 240 Å². The van der Waals surface area contributed by atoms with Crippen LogP contribution in [-0.2, 0) is 30.4 Å². The second-order valence-electron chi connectivity index (χ2n) is 10.2. The van der Waals surface area contributed by atoms with Crippen LogP contribution in [0.1, 0.15) is 32.8 Å². The molecule has 237 valence electrons. The van der Waals surface area contributed by atoms with Gasteiger partial charge in [0.1, 0.15) is 0 Å². The van der Waals surface area contributed by atoms with Gasteiger partial charge in [-0.25, -0.2) is 0 Å². The standard InChI is InChI=1S/C26H40N4O10.Gd.H2O/c1-4-26(2,3)27-19-7-5-18(6-8-19)11-20(30(16-24(37)38)17-25(39)40)12-28(13-21(31)32)9-10-29(14-22(33)34)15-23(35)36;;/h5-8,20,27H,4,9-17H2,1-3H3,(H,31,32)(H,33,34)(H,35,36)(H,37,38)(H,39,40);;1H2/q;+3;. The molecule has 0 amide bonds. The van der Waals surface area contributed by atoms with E-state index in [0.717, 1.165) is 22.6 Å². The Morgan fingerprint density at radius 1 is 0.738 bits per heavy atom. The van der Waals surface area contributed by atoms with Crippen LogP contribution in [-0.4, -0.2) is 139 Å². The SMILES string of the molecule is CCC(C)(C)Nc1ccc(CC(CN(CCN(CC(=O)O)CC(=O)O)CC(=O)O)N(CC(=O)O)CC(=O)O)cc1.O.[Gd+3]. The van der Waals surface area contributed by atoms with E-state index in [2.05, 4.69) is 26.1 Å². The Morgan fingerprint density at radius 2 is 1.14 bits per heavy atom. The molecular weight excluding hydrogens is 702 g/mol. The monoisotopic (exact) mass is 744 g/mol. The van der Waals surface area contributed by atoms with E-state index in [1.165, 1.54) is 9.80 Å². The molecule has 0 aliphatic rings. The van der Waals surface area contributed by atoms with Crippen LogP contribution in [0, 0.1) is 39.9 Å². The van der Waals surface area contributed by atoms with E-state index in [0.29, 0.717) is 0 Å². The van der Waals surface area contributed by atoms with Crippen LogP contribution in [0.25, 0.3) is 0 Å². The number of nitrogens with zero attached hydrogens (tertiary/aromatic N) is 3. The second-order valence-corrected chi connectivity index (χ2v) is 10.2. The van der Waals surface area contributed by atoms with Gasteiger partial charge in [0.05, 0.1) is 32.7 Å². The number of benzene rings is 1. The fraction of sp³-hybridized carbons (Fsp3) is 0.577. The number of anilines is 1. The third kappa shape index (κ3) is 18.2. The Bertz CT molecular complexity index is 992. The molecule has 8 N–H and O–H groups in total. The quantitative estimate of drug-likeness (QED) is 0.0949. The smallest absolute Gasteiger partial charge is 0.480 e. The van der Waals surface area contributed by atoms with Crippen LogP contribution < -0.4 is 5.32 Å². The summed E-state index contributed by atoms with van der Waals surface area (Å²) in [5.41, 5.74) is 1.49. The maximum atomic E-state index is 11.6. The van der Waals surface area contributed by atoms with Gasteiger partial charge in [-0.15, -0.1) is 0 Å². The Morgan fingerprint density at radius 3 is 1.55 bits per heavy atom. The summed E-state index contributed by atoms with van der Waals surface area (Å²) >= 11 is 0. The third-order valence-corrected chi connectivity index (χ3v) is 6.26. The van der Waals surface area contributed by atoms with Gasteiger partial charge in [-0.2, -0.15) is 0 Å². The summed E-state index contributed by atoms with van der Waals surface area (Å²) in [6.45, 7) is 3.09. The summed E-state index contributed by atoms with van der Waals surface area (Å²) in [6, 6.07) is 6.61. The zero-order valence-electron chi connectivity index (χ0n) is 23.9. The first-order valence-corrected chi connectivity index (χ1v) is 12.7. The van der Waals surface area contributed by atoms with Crippen LogP contribution in [0.3, 0.4) is 0 Å². The molecule has 1 atom stereocenters. The van der Waals surface area contributed by atoms with E-state index >= 15 is 0 Å². The van der Waals surface area contributed by atoms with Crippen LogP contribution in [0.2, 0.25) is 0 Å². The molecule has 1 aromatic carbocycles. The molecule has 0 fully saturated rings. The number of carboxylic acids is 5. The van der Waals surface area contributed by atoms with Gasteiger partial charge < -0.3 is 36.3 Å². The Balaban J connectivity index is 0. The third-order valence-electron chi connectivity index (χ3n) is 6.26. The molecule has 0 spiro atoms. The molecule has 1 rings (SSSR count). The molecule has 0 aromatic heterocycles. The Kier molecular flexibility index (Phi) is 20.3. The van der Waals surface area contributed by atoms with Crippen molar-refractivity contribution in [2.24, 2.45) is 0 Å². The van der Waals surface area contributed by atoms with Crippen molar-refractivity contribution in [1.29, 1.82) is 0 Å². The summed E-state index contributed by atoms with van der Waals surface area (Å²) < 4.78 is 0. The van der Waals surface area contributed by atoms with Crippen LogP contribution in [0.15, 0.2) is 24.3 Å². The molecule has 0 bridgehead atoms. The van der Waals surface area contributed by atoms with Gasteiger partial charge in [0.25, 0.3) is 0 Å². The number of hydrogen-bond donors (Lipinski definition) is 6. The number of aliphatic carboxylic acids is 5. The first kappa shape index (κ1) is 41.7. The largest absolute Gasteiger partial charge is 3.00 e. The maximum Gasteiger partial charge on any atom is 3.00 e. The average Bonchev–Trinajstić information content (AvgIpc) is 2.81. The molecule has 0 heterocycles. The molecule has 0 saturated heterocycles. The summed E-state index contributed by atoms with van der Waals surface area (Å²) in [6.07, 6.45) is 1.08. The molecule has 16 heteroatoms. The van der Waals surface area contributed by atoms with Gasteiger partial charge in [0, 0.05) is 36.9 Å². The van der Waals surface area contributed by atoms with Crippen molar-refractivity contribution < 1.29 is 94.9 Å². The number of nitrogens with one attached hydrogen (secondary N) is 1. The minimum Gasteiger partial charge on any atom is -0.480 e. The Labute approximate surface area is 276 Å². The second kappa shape index (κ2) is 20.4. The van der Waals surface area contributed by atoms with E-state index in [9.17, 15) is 39.3 Å². The van der Waals surface area contributed by atoms with Gasteiger partial charge in [0.15, 0.2) is 0 Å². The summed E-state index contributed by atoms with van der Waals surface area (Å²) in [5, 5.41) is 49.9. The Hall–Kier alpha value is -2.47. The molecule has 1 unspecified atom stereocenters. The van der Waals surface area contributed by atoms with Crippen molar-refractivity contribution >= 4 is 35.5 Å². The number of rotatable bonds is 21. The molecule has 0 aliphatic carbocycles. The van der Waals surface area contributed by atoms with E-state index < -0.39 is 68.6 Å². The van der Waals surface area contributed by atoms with Crippen molar-refractivity contribution in [1.82, 2.24) is 14.7 Å². The number of carboxylic acid groups (broad SMARTS) is 5. The zero-order chi connectivity index (χ0) is 30.5. The predicted molar refractivity (Wildman–Crippen MR) is 148 cm³/mol. The van der Waals surface area contributed by atoms with Gasteiger partial charge in [0.2, 0.25) is 0 Å². The first-order valence-electron chi connectivity index (χ1n) is 12.7. The zero-order valence-corrected chi connectivity index (χ0v) is 26.2. The van der Waals surface area contributed by atoms with E-state index in [-0.39, 0.29) is 77.0 Å².